The van der Waals surface area contributed by atoms with Gasteiger partial charge in [-0.25, -0.2) is 0 Å². The number of carbonyl (C=O) groups is 1. The molecule has 0 radical (unpaired) electrons. The molecule has 1 fully saturated rings. The van der Waals surface area contributed by atoms with Gasteiger partial charge in [0, 0.05) is 35.5 Å². The number of fused-ring (bicyclic) bond motifs is 3. The fraction of sp³-hybridized carbons (Fsp3) is 0.280. The molecule has 6 rings (SSSR count). The summed E-state index contributed by atoms with van der Waals surface area (Å²) in [5.74, 6) is 1.84. The number of pyridine rings is 1. The van der Waals surface area contributed by atoms with Crippen LogP contribution in [-0.2, 0) is 16.1 Å². The number of nitrogens with zero attached hydrogens (tertiary/aromatic N) is 6. The molecule has 11 heteroatoms. The van der Waals surface area contributed by atoms with Gasteiger partial charge in [0.1, 0.15) is 12.4 Å². The largest absolute Gasteiger partial charge is 0.470 e. The lowest BCUT2D eigenvalue weighted by molar-refractivity contribution is -0.110. The fourth-order valence-electron chi connectivity index (χ4n) is 4.45. The first-order valence-corrected chi connectivity index (χ1v) is 11.6. The van der Waals surface area contributed by atoms with E-state index in [-0.39, 0.29) is 18.6 Å². The molecular weight excluding hydrogens is 462 g/mol. The van der Waals surface area contributed by atoms with E-state index in [1.807, 2.05) is 43.5 Å². The lowest BCUT2D eigenvalue weighted by Crippen LogP contribution is -2.24. The smallest absolute Gasteiger partial charge is 0.240 e. The molecule has 1 aliphatic rings. The van der Waals surface area contributed by atoms with Crippen LogP contribution in [0.2, 0.25) is 0 Å². The zero-order chi connectivity index (χ0) is 24.5. The van der Waals surface area contributed by atoms with Crippen LogP contribution in [0.25, 0.3) is 27.9 Å². The van der Waals surface area contributed by atoms with Crippen molar-refractivity contribution >= 4 is 22.8 Å². The van der Waals surface area contributed by atoms with Crippen molar-refractivity contribution in [1.82, 2.24) is 35.3 Å². The molecule has 0 aliphatic carbocycles. The van der Waals surface area contributed by atoms with Gasteiger partial charge in [0.05, 0.1) is 18.4 Å². The third-order valence-corrected chi connectivity index (χ3v) is 6.27. The van der Waals surface area contributed by atoms with E-state index in [1.165, 1.54) is 0 Å². The third kappa shape index (κ3) is 4.13. The first kappa shape index (κ1) is 22.1. The van der Waals surface area contributed by atoms with Crippen LogP contribution in [0.15, 0.2) is 53.2 Å². The molecule has 2 atom stereocenters. The van der Waals surface area contributed by atoms with Crippen molar-refractivity contribution in [3.8, 4) is 17.4 Å². The molecule has 1 aliphatic heterocycles. The van der Waals surface area contributed by atoms with E-state index in [0.29, 0.717) is 48.4 Å². The number of benzene rings is 1. The molecule has 0 bridgehead atoms. The number of ether oxygens (including phenoxy) is 2. The fourth-order valence-corrected chi connectivity index (χ4v) is 4.45. The summed E-state index contributed by atoms with van der Waals surface area (Å²) >= 11 is 0. The molecule has 1 aromatic carbocycles. The highest BCUT2D eigenvalue weighted by molar-refractivity contribution is 5.96. The van der Waals surface area contributed by atoms with Crippen LogP contribution in [0.4, 0.5) is 0 Å². The van der Waals surface area contributed by atoms with Crippen LogP contribution in [0.3, 0.4) is 0 Å². The maximum Gasteiger partial charge on any atom is 0.240 e. The summed E-state index contributed by atoms with van der Waals surface area (Å²) < 4.78 is 18.7. The summed E-state index contributed by atoms with van der Waals surface area (Å²) in [7, 11) is 0. The van der Waals surface area contributed by atoms with Crippen molar-refractivity contribution < 1.29 is 18.8 Å². The topological polar surface area (TPSA) is 130 Å². The number of carbonyl (C=O) groups excluding carboxylic acids is 1. The van der Waals surface area contributed by atoms with Gasteiger partial charge in [-0.3, -0.25) is 9.78 Å². The van der Waals surface area contributed by atoms with Crippen molar-refractivity contribution in [1.29, 1.82) is 0 Å². The Hall–Kier alpha value is -4.38. The number of nitrogens with one attached hydrogen (secondary N) is 1. The second-order valence-electron chi connectivity index (χ2n) is 8.72. The second kappa shape index (κ2) is 9.34. The summed E-state index contributed by atoms with van der Waals surface area (Å²) in [5, 5.41) is 21.7. The van der Waals surface area contributed by atoms with Gasteiger partial charge in [-0.2, -0.15) is 4.52 Å². The summed E-state index contributed by atoms with van der Waals surface area (Å²) in [6, 6.07) is 13.6. The maximum atomic E-state index is 10.5. The molecule has 1 saturated heterocycles. The number of hydrogen-bond donors (Lipinski definition) is 1. The predicted molar refractivity (Wildman–Crippen MR) is 128 cm³/mol. The van der Waals surface area contributed by atoms with E-state index in [4.69, 9.17) is 19.1 Å². The Balaban J connectivity index is 1.23. The summed E-state index contributed by atoms with van der Waals surface area (Å²) in [4.78, 5) is 15.1. The quantitative estimate of drug-likeness (QED) is 0.330. The molecular formula is C25H23N7O4. The van der Waals surface area contributed by atoms with Crippen molar-refractivity contribution in [2.45, 2.75) is 32.0 Å². The van der Waals surface area contributed by atoms with Crippen LogP contribution < -0.4 is 10.1 Å². The minimum atomic E-state index is 0.0289. The lowest BCUT2D eigenvalue weighted by atomic mass is 9.97. The highest BCUT2D eigenvalue weighted by Crippen LogP contribution is 2.30. The van der Waals surface area contributed by atoms with Gasteiger partial charge in [0.15, 0.2) is 11.3 Å². The molecule has 5 heterocycles. The summed E-state index contributed by atoms with van der Waals surface area (Å²) in [6.45, 7) is 3.20. The molecule has 11 nitrogen and oxygen atoms in total. The number of aromatic nitrogens is 6. The van der Waals surface area contributed by atoms with E-state index in [9.17, 15) is 4.79 Å². The first-order chi connectivity index (χ1) is 17.7. The van der Waals surface area contributed by atoms with Crippen LogP contribution in [0, 0.1) is 6.92 Å². The summed E-state index contributed by atoms with van der Waals surface area (Å²) in [6.07, 6.45) is 3.44. The van der Waals surface area contributed by atoms with Crippen LogP contribution in [0.5, 0.6) is 5.88 Å². The van der Waals surface area contributed by atoms with Crippen LogP contribution >= 0.6 is 0 Å². The molecule has 1 amide bonds. The molecule has 5 aromatic rings. The highest BCUT2D eigenvalue weighted by Gasteiger charge is 2.26. The Bertz CT molecular complexity index is 1530. The molecule has 0 saturated carbocycles. The average Bonchev–Trinajstić information content (AvgIpc) is 3.66. The van der Waals surface area contributed by atoms with Gasteiger partial charge in [-0.05, 0) is 31.0 Å². The minimum Gasteiger partial charge on any atom is -0.470 e. The lowest BCUT2D eigenvalue weighted by Gasteiger charge is -2.11. The molecule has 4 aromatic heterocycles. The first-order valence-electron chi connectivity index (χ1n) is 11.6. The van der Waals surface area contributed by atoms with Crippen molar-refractivity contribution in [2.24, 2.45) is 0 Å². The monoisotopic (exact) mass is 485 g/mol. The van der Waals surface area contributed by atoms with Crippen LogP contribution in [0.1, 0.15) is 29.4 Å². The SMILES string of the molecule is Cc1cc(-c2nnc3c4ccccc4c(OCc4ccc(C5COC(CNC=O)C5)cn4)nn23)no1. The van der Waals surface area contributed by atoms with E-state index >= 15 is 0 Å². The average molecular weight is 486 g/mol. The Kier molecular flexibility index (Phi) is 5.74. The predicted octanol–water partition coefficient (Wildman–Crippen LogP) is 2.83. The highest BCUT2D eigenvalue weighted by atomic mass is 16.5. The van der Waals surface area contributed by atoms with E-state index in [2.05, 4.69) is 31.7 Å². The van der Waals surface area contributed by atoms with Gasteiger partial charge < -0.3 is 19.3 Å². The normalized spacial score (nSPS) is 17.6. The Labute approximate surface area is 205 Å². The minimum absolute atomic E-state index is 0.0289. The zero-order valence-corrected chi connectivity index (χ0v) is 19.5. The second-order valence-corrected chi connectivity index (χ2v) is 8.72. The third-order valence-electron chi connectivity index (χ3n) is 6.27. The molecule has 0 spiro atoms. The van der Waals surface area contributed by atoms with Gasteiger partial charge >= 0.3 is 0 Å². The molecule has 1 N–H and O–H groups in total. The van der Waals surface area contributed by atoms with Gasteiger partial charge in [0.25, 0.3) is 0 Å². The van der Waals surface area contributed by atoms with Crippen LogP contribution in [-0.4, -0.2) is 55.6 Å². The number of rotatable bonds is 8. The summed E-state index contributed by atoms with van der Waals surface area (Å²) in [5.41, 5.74) is 3.04. The van der Waals surface area contributed by atoms with Gasteiger partial charge in [-0.1, -0.05) is 29.4 Å². The molecule has 36 heavy (non-hydrogen) atoms. The van der Waals surface area contributed by atoms with Crippen molar-refractivity contribution in [3.63, 3.8) is 0 Å². The standard InChI is InChI=1S/C25H23N7O4/c1-15-8-22(31-36-15)24-29-28-23-20-4-2-3-5-21(20)25(30-32(23)24)35-13-18-7-6-16(10-27-18)17-9-19(34-12-17)11-26-14-33/h2-8,10,14,17,19H,9,11-13H2,1H3,(H,26,33). The Morgan fingerprint density at radius 2 is 2.08 bits per heavy atom. The van der Waals surface area contributed by atoms with Crippen molar-refractivity contribution in [3.05, 3.63) is 65.7 Å². The Morgan fingerprint density at radius 3 is 2.86 bits per heavy atom. The number of hydrogen-bond acceptors (Lipinski definition) is 9. The number of amides is 1. The maximum absolute atomic E-state index is 10.5. The van der Waals surface area contributed by atoms with E-state index in [1.54, 1.807) is 10.6 Å². The molecule has 182 valence electrons. The van der Waals surface area contributed by atoms with Gasteiger partial charge in [-0.15, -0.1) is 15.3 Å². The Morgan fingerprint density at radius 1 is 1.19 bits per heavy atom. The number of aryl methyl sites for hydroxylation is 1. The van der Waals surface area contributed by atoms with Crippen molar-refractivity contribution in [2.75, 3.05) is 13.2 Å². The van der Waals surface area contributed by atoms with Gasteiger partial charge in [0.2, 0.25) is 18.1 Å². The van der Waals surface area contributed by atoms with E-state index in [0.717, 1.165) is 28.5 Å². The zero-order valence-electron chi connectivity index (χ0n) is 19.5. The van der Waals surface area contributed by atoms with E-state index < -0.39 is 0 Å². The molecule has 2 unspecified atom stereocenters.